The molecule has 0 fully saturated rings. The first-order chi connectivity index (χ1) is 12.2. The molecule has 0 aliphatic rings. The standard InChI is InChI=1S/C19H21N3O3/c1-2-12-20-18(23)19(24)22-21-13-15-8-10-17(11-9-15)25-14-16-6-4-3-5-7-16/h3-11,13H,2,12,14H2,1H3,(H,20,23)(H,22,24)/b21-13+. The summed E-state index contributed by atoms with van der Waals surface area (Å²) in [6.45, 7) is 2.86. The van der Waals surface area contributed by atoms with Crippen molar-refractivity contribution in [2.45, 2.75) is 20.0 Å². The molecular weight excluding hydrogens is 318 g/mol. The van der Waals surface area contributed by atoms with Crippen LogP contribution in [0.3, 0.4) is 0 Å². The van der Waals surface area contributed by atoms with Crippen molar-refractivity contribution in [2.75, 3.05) is 6.54 Å². The van der Waals surface area contributed by atoms with Crippen molar-refractivity contribution < 1.29 is 14.3 Å². The van der Waals surface area contributed by atoms with Gasteiger partial charge in [0.2, 0.25) is 0 Å². The molecule has 0 atom stereocenters. The van der Waals surface area contributed by atoms with Gasteiger partial charge in [-0.15, -0.1) is 0 Å². The van der Waals surface area contributed by atoms with Gasteiger partial charge < -0.3 is 10.1 Å². The zero-order valence-electron chi connectivity index (χ0n) is 14.1. The highest BCUT2D eigenvalue weighted by Gasteiger charge is 2.10. The first-order valence-corrected chi connectivity index (χ1v) is 8.07. The number of nitrogens with zero attached hydrogens (tertiary/aromatic N) is 1. The van der Waals surface area contributed by atoms with Crippen molar-refractivity contribution >= 4 is 18.0 Å². The Morgan fingerprint density at radius 1 is 1.04 bits per heavy atom. The summed E-state index contributed by atoms with van der Waals surface area (Å²) < 4.78 is 5.69. The Morgan fingerprint density at radius 2 is 1.76 bits per heavy atom. The summed E-state index contributed by atoms with van der Waals surface area (Å²) in [4.78, 5) is 22.8. The summed E-state index contributed by atoms with van der Waals surface area (Å²) in [6, 6.07) is 17.2. The van der Waals surface area contributed by atoms with Crippen molar-refractivity contribution in [1.29, 1.82) is 0 Å². The zero-order chi connectivity index (χ0) is 17.9. The third-order valence-corrected chi connectivity index (χ3v) is 3.25. The van der Waals surface area contributed by atoms with E-state index in [4.69, 9.17) is 4.74 Å². The molecule has 0 radical (unpaired) electrons. The van der Waals surface area contributed by atoms with Crippen LogP contribution < -0.4 is 15.5 Å². The minimum absolute atomic E-state index is 0.459. The van der Waals surface area contributed by atoms with Crippen LogP contribution in [0.5, 0.6) is 5.75 Å². The average molecular weight is 339 g/mol. The Labute approximate surface area is 146 Å². The highest BCUT2D eigenvalue weighted by atomic mass is 16.5. The van der Waals surface area contributed by atoms with E-state index in [0.717, 1.165) is 23.3 Å². The Bertz CT molecular complexity index is 712. The maximum atomic E-state index is 11.5. The third kappa shape index (κ3) is 6.47. The molecule has 0 saturated heterocycles. The average Bonchev–Trinajstić information content (AvgIpc) is 2.66. The van der Waals surface area contributed by atoms with Gasteiger partial charge in [0.15, 0.2) is 0 Å². The zero-order valence-corrected chi connectivity index (χ0v) is 14.1. The molecule has 0 bridgehead atoms. The molecule has 130 valence electrons. The number of carbonyl (C=O) groups is 2. The largest absolute Gasteiger partial charge is 0.489 e. The predicted molar refractivity (Wildman–Crippen MR) is 96.3 cm³/mol. The summed E-state index contributed by atoms with van der Waals surface area (Å²) >= 11 is 0. The van der Waals surface area contributed by atoms with Crippen molar-refractivity contribution in [2.24, 2.45) is 5.10 Å². The molecule has 0 heterocycles. The maximum absolute atomic E-state index is 11.5. The Kier molecular flexibility index (Phi) is 7.18. The lowest BCUT2D eigenvalue weighted by atomic mass is 10.2. The molecule has 6 heteroatoms. The fourth-order valence-corrected chi connectivity index (χ4v) is 1.93. The molecule has 0 unspecified atom stereocenters. The number of ether oxygens (including phenoxy) is 1. The number of nitrogens with one attached hydrogen (secondary N) is 2. The number of hydrazone groups is 1. The monoisotopic (exact) mass is 339 g/mol. The van der Waals surface area contributed by atoms with Crippen LogP contribution in [0.25, 0.3) is 0 Å². The first kappa shape index (κ1) is 18.2. The van der Waals surface area contributed by atoms with Gasteiger partial charge in [0.1, 0.15) is 12.4 Å². The van der Waals surface area contributed by atoms with Crippen molar-refractivity contribution in [3.63, 3.8) is 0 Å². The van der Waals surface area contributed by atoms with Crippen LogP contribution in [0.2, 0.25) is 0 Å². The van der Waals surface area contributed by atoms with Crippen molar-refractivity contribution in [3.05, 3.63) is 65.7 Å². The van der Waals surface area contributed by atoms with Crippen LogP contribution in [0, 0.1) is 0 Å². The van der Waals surface area contributed by atoms with Crippen LogP contribution in [-0.2, 0) is 16.2 Å². The molecule has 0 aromatic heterocycles. The Morgan fingerprint density at radius 3 is 2.44 bits per heavy atom. The minimum Gasteiger partial charge on any atom is -0.489 e. The van der Waals surface area contributed by atoms with E-state index in [-0.39, 0.29) is 0 Å². The molecule has 2 rings (SSSR count). The van der Waals surface area contributed by atoms with E-state index in [2.05, 4.69) is 15.8 Å². The number of benzene rings is 2. The predicted octanol–water partition coefficient (Wildman–Crippen LogP) is 2.24. The van der Waals surface area contributed by atoms with E-state index in [1.807, 2.05) is 61.5 Å². The minimum atomic E-state index is -0.785. The maximum Gasteiger partial charge on any atom is 0.329 e. The summed E-state index contributed by atoms with van der Waals surface area (Å²) in [5, 5.41) is 6.24. The second-order valence-corrected chi connectivity index (χ2v) is 5.30. The number of rotatable bonds is 7. The van der Waals surface area contributed by atoms with Crippen LogP contribution in [0.4, 0.5) is 0 Å². The second kappa shape index (κ2) is 9.87. The van der Waals surface area contributed by atoms with Gasteiger partial charge in [-0.25, -0.2) is 5.43 Å². The van der Waals surface area contributed by atoms with E-state index in [1.165, 1.54) is 6.21 Å². The fraction of sp³-hybridized carbons (Fsp3) is 0.211. The molecule has 2 aromatic carbocycles. The fourth-order valence-electron chi connectivity index (χ4n) is 1.93. The van der Waals surface area contributed by atoms with Gasteiger partial charge in [-0.3, -0.25) is 9.59 Å². The molecule has 25 heavy (non-hydrogen) atoms. The topological polar surface area (TPSA) is 79.8 Å². The molecule has 0 saturated carbocycles. The second-order valence-electron chi connectivity index (χ2n) is 5.30. The molecule has 6 nitrogen and oxygen atoms in total. The molecule has 2 amide bonds. The SMILES string of the molecule is CCCNC(=O)C(=O)N/N=C/c1ccc(OCc2ccccc2)cc1. The van der Waals surface area contributed by atoms with Gasteiger partial charge in [-0.1, -0.05) is 37.3 Å². The number of amides is 2. The van der Waals surface area contributed by atoms with Gasteiger partial charge in [0, 0.05) is 6.54 Å². The van der Waals surface area contributed by atoms with Crippen LogP contribution in [0.1, 0.15) is 24.5 Å². The van der Waals surface area contributed by atoms with Gasteiger partial charge in [0.25, 0.3) is 0 Å². The lowest BCUT2D eigenvalue weighted by molar-refractivity contribution is -0.139. The lowest BCUT2D eigenvalue weighted by Crippen LogP contribution is -2.38. The summed E-state index contributed by atoms with van der Waals surface area (Å²) in [7, 11) is 0. The van der Waals surface area contributed by atoms with Crippen LogP contribution >= 0.6 is 0 Å². The molecular formula is C19H21N3O3. The molecule has 2 aromatic rings. The Hall–Kier alpha value is -3.15. The van der Waals surface area contributed by atoms with E-state index in [0.29, 0.717) is 13.2 Å². The first-order valence-electron chi connectivity index (χ1n) is 8.07. The number of carbonyl (C=O) groups excluding carboxylic acids is 2. The summed E-state index contributed by atoms with van der Waals surface area (Å²) in [5.41, 5.74) is 4.06. The third-order valence-electron chi connectivity index (χ3n) is 3.25. The van der Waals surface area contributed by atoms with E-state index >= 15 is 0 Å². The number of hydrogen-bond donors (Lipinski definition) is 2. The lowest BCUT2D eigenvalue weighted by Gasteiger charge is -2.06. The molecule has 0 aliphatic carbocycles. The summed E-state index contributed by atoms with van der Waals surface area (Å²) in [5.74, 6) is -0.736. The molecule has 2 N–H and O–H groups in total. The van der Waals surface area contributed by atoms with Crippen molar-refractivity contribution in [1.82, 2.24) is 10.7 Å². The normalized spacial score (nSPS) is 10.4. The smallest absolute Gasteiger partial charge is 0.329 e. The van der Waals surface area contributed by atoms with E-state index in [9.17, 15) is 9.59 Å². The van der Waals surface area contributed by atoms with Gasteiger partial charge in [-0.2, -0.15) is 5.10 Å². The van der Waals surface area contributed by atoms with Crippen LogP contribution in [0.15, 0.2) is 59.7 Å². The number of hydrogen-bond acceptors (Lipinski definition) is 4. The Balaban J connectivity index is 1.79. The quantitative estimate of drug-likeness (QED) is 0.461. The highest BCUT2D eigenvalue weighted by molar-refractivity contribution is 6.35. The summed E-state index contributed by atoms with van der Waals surface area (Å²) in [6.07, 6.45) is 2.23. The van der Waals surface area contributed by atoms with Gasteiger partial charge in [-0.05, 0) is 41.8 Å². The highest BCUT2D eigenvalue weighted by Crippen LogP contribution is 2.13. The van der Waals surface area contributed by atoms with Gasteiger partial charge >= 0.3 is 11.8 Å². The van der Waals surface area contributed by atoms with E-state index < -0.39 is 11.8 Å². The molecule has 0 aliphatic heterocycles. The van der Waals surface area contributed by atoms with Crippen molar-refractivity contribution in [3.8, 4) is 5.75 Å². The van der Waals surface area contributed by atoms with Gasteiger partial charge in [0.05, 0.1) is 6.21 Å². The van der Waals surface area contributed by atoms with E-state index in [1.54, 1.807) is 0 Å². The van der Waals surface area contributed by atoms with Crippen LogP contribution in [-0.4, -0.2) is 24.6 Å². The molecule has 0 spiro atoms.